The summed E-state index contributed by atoms with van der Waals surface area (Å²) in [6.07, 6.45) is 3.00. The molecule has 1 heterocycles. The first-order chi connectivity index (χ1) is 12.3. The van der Waals surface area contributed by atoms with Crippen LogP contribution in [-0.4, -0.2) is 52.6 Å². The topological polar surface area (TPSA) is 122 Å². The smallest absolute Gasteiger partial charge is 0.407 e. The maximum atomic E-state index is 12.7. The van der Waals surface area contributed by atoms with E-state index in [1.807, 2.05) is 31.7 Å². The molecule has 8 heteroatoms. The minimum absolute atomic E-state index is 0. The van der Waals surface area contributed by atoms with E-state index in [9.17, 15) is 9.59 Å². The van der Waals surface area contributed by atoms with Crippen LogP contribution in [0, 0.1) is 5.92 Å². The number of nitrogens with zero attached hydrogens (tertiary/aromatic N) is 1. The minimum atomic E-state index is -0.482. The molecule has 1 aliphatic carbocycles. The van der Waals surface area contributed by atoms with Gasteiger partial charge in [0.1, 0.15) is 5.60 Å². The van der Waals surface area contributed by atoms with Crippen LogP contribution in [0.5, 0.6) is 0 Å². The van der Waals surface area contributed by atoms with Crippen LogP contribution in [0.1, 0.15) is 57.9 Å². The Hall–Kier alpha value is -1.46. The van der Waals surface area contributed by atoms with Gasteiger partial charge >= 0.3 is 6.09 Å². The Morgan fingerprint density at radius 3 is 2.07 bits per heavy atom. The van der Waals surface area contributed by atoms with Crippen LogP contribution in [0.4, 0.5) is 4.79 Å². The molecule has 3 rings (SSSR count). The Labute approximate surface area is 186 Å². The van der Waals surface area contributed by atoms with Crippen molar-refractivity contribution in [3.63, 3.8) is 0 Å². The standard InChI is InChI=1S/C21H30N2O3.2H2O.Pd/c1-21(2,3)26-20(25)22-18-11-9-16(10-12-18)19(24)23-13-17(14-23)15-7-5-4-6-8-15;;;/h4-8,16-18H,9-14H2,1-3H3,(H,22,25);2*1H2;. The van der Waals surface area contributed by atoms with Gasteiger partial charge in [-0.05, 0) is 52.0 Å². The van der Waals surface area contributed by atoms with Gasteiger partial charge < -0.3 is 25.9 Å². The second-order valence-corrected chi connectivity index (χ2v) is 8.55. The molecule has 0 aromatic heterocycles. The largest absolute Gasteiger partial charge is 0.444 e. The summed E-state index contributed by atoms with van der Waals surface area (Å²) in [5, 5.41) is 2.93. The van der Waals surface area contributed by atoms with E-state index in [0.717, 1.165) is 38.8 Å². The summed E-state index contributed by atoms with van der Waals surface area (Å²) in [5.74, 6) is 0.863. The molecular weight excluding hydrogens is 467 g/mol. The fourth-order valence-corrected chi connectivity index (χ4v) is 3.81. The van der Waals surface area contributed by atoms with Gasteiger partial charge in [-0.2, -0.15) is 0 Å². The van der Waals surface area contributed by atoms with Crippen molar-refractivity contribution in [2.24, 2.45) is 5.92 Å². The molecule has 1 saturated heterocycles. The van der Waals surface area contributed by atoms with Gasteiger partial charge in [0.15, 0.2) is 0 Å². The van der Waals surface area contributed by atoms with E-state index < -0.39 is 5.60 Å². The summed E-state index contributed by atoms with van der Waals surface area (Å²) >= 11 is 0. The molecular formula is C21H34N2O5Pd. The molecule has 168 valence electrons. The van der Waals surface area contributed by atoms with Crippen molar-refractivity contribution < 1.29 is 45.7 Å². The Kier molecular flexibility index (Phi) is 11.1. The van der Waals surface area contributed by atoms with Gasteiger partial charge in [-0.15, -0.1) is 0 Å². The first-order valence-electron chi connectivity index (χ1n) is 9.65. The summed E-state index contributed by atoms with van der Waals surface area (Å²) in [6, 6.07) is 10.5. The maximum Gasteiger partial charge on any atom is 0.407 e. The first kappa shape index (κ1) is 27.5. The molecule has 7 nitrogen and oxygen atoms in total. The third-order valence-electron chi connectivity index (χ3n) is 5.26. The van der Waals surface area contributed by atoms with Crippen LogP contribution < -0.4 is 5.32 Å². The number of likely N-dealkylation sites (tertiary alicyclic amines) is 1. The monoisotopic (exact) mass is 500 g/mol. The van der Waals surface area contributed by atoms with E-state index in [0.29, 0.717) is 5.92 Å². The predicted octanol–water partition coefficient (Wildman–Crippen LogP) is 2.04. The van der Waals surface area contributed by atoms with Crippen molar-refractivity contribution >= 4 is 12.0 Å². The number of nitrogens with one attached hydrogen (secondary N) is 1. The van der Waals surface area contributed by atoms with Gasteiger partial charge in [-0.3, -0.25) is 4.79 Å². The molecule has 29 heavy (non-hydrogen) atoms. The number of rotatable bonds is 3. The number of alkyl carbamates (subject to hydrolysis) is 1. The molecule has 1 aromatic carbocycles. The SMILES string of the molecule is CC(C)(C)OC(=O)NC1CCC(C(=O)N2CC(c3ccccc3)C2)CC1.O.O.[Pd]. The third-order valence-corrected chi connectivity index (χ3v) is 5.26. The average molecular weight is 501 g/mol. The van der Waals surface area contributed by atoms with Crippen LogP contribution >= 0.6 is 0 Å². The number of amides is 2. The molecule has 0 radical (unpaired) electrons. The van der Waals surface area contributed by atoms with Crippen molar-refractivity contribution in [1.29, 1.82) is 0 Å². The summed E-state index contributed by atoms with van der Waals surface area (Å²) in [4.78, 5) is 26.5. The minimum Gasteiger partial charge on any atom is -0.444 e. The van der Waals surface area contributed by atoms with Gasteiger partial charge in [0.05, 0.1) is 0 Å². The van der Waals surface area contributed by atoms with Crippen molar-refractivity contribution in [3.8, 4) is 0 Å². The van der Waals surface area contributed by atoms with Crippen LogP contribution in [0.25, 0.3) is 0 Å². The van der Waals surface area contributed by atoms with Gasteiger partial charge in [0.25, 0.3) is 0 Å². The van der Waals surface area contributed by atoms with E-state index in [2.05, 4.69) is 29.6 Å². The van der Waals surface area contributed by atoms with E-state index >= 15 is 0 Å². The quantitative estimate of drug-likeness (QED) is 0.639. The number of hydrogen-bond donors (Lipinski definition) is 1. The second kappa shape index (κ2) is 11.7. The van der Waals surface area contributed by atoms with Crippen molar-refractivity contribution in [1.82, 2.24) is 10.2 Å². The number of carbonyl (C=O) groups is 2. The van der Waals surface area contributed by atoms with Gasteiger partial charge in [0, 0.05) is 51.4 Å². The van der Waals surface area contributed by atoms with Gasteiger partial charge in [-0.1, -0.05) is 30.3 Å². The molecule has 0 bridgehead atoms. The van der Waals surface area contributed by atoms with E-state index in [-0.39, 0.29) is 55.3 Å². The van der Waals surface area contributed by atoms with Crippen LogP contribution in [-0.2, 0) is 30.0 Å². The number of benzene rings is 1. The number of carbonyl (C=O) groups excluding carboxylic acids is 2. The molecule has 2 fully saturated rings. The van der Waals surface area contributed by atoms with Crippen molar-refractivity contribution in [3.05, 3.63) is 35.9 Å². The normalized spacial score (nSPS) is 21.4. The third kappa shape index (κ3) is 7.71. The van der Waals surface area contributed by atoms with Gasteiger partial charge in [0.2, 0.25) is 5.91 Å². The summed E-state index contributed by atoms with van der Waals surface area (Å²) < 4.78 is 5.31. The zero-order chi connectivity index (χ0) is 18.7. The van der Waals surface area contributed by atoms with Crippen molar-refractivity contribution in [2.45, 2.75) is 64.0 Å². The molecule has 1 saturated carbocycles. The maximum absolute atomic E-state index is 12.7. The Morgan fingerprint density at radius 2 is 1.55 bits per heavy atom. The van der Waals surface area contributed by atoms with Crippen LogP contribution in [0.2, 0.25) is 0 Å². The molecule has 0 atom stereocenters. The fourth-order valence-electron chi connectivity index (χ4n) is 3.81. The number of hydrogen-bond acceptors (Lipinski definition) is 3. The van der Waals surface area contributed by atoms with E-state index in [1.54, 1.807) is 0 Å². The van der Waals surface area contributed by atoms with E-state index in [1.165, 1.54) is 5.56 Å². The first-order valence-corrected chi connectivity index (χ1v) is 9.65. The molecule has 0 unspecified atom stereocenters. The summed E-state index contributed by atoms with van der Waals surface area (Å²) in [6.45, 7) is 7.24. The predicted molar refractivity (Wildman–Crippen MR) is 108 cm³/mol. The zero-order valence-corrected chi connectivity index (χ0v) is 18.9. The van der Waals surface area contributed by atoms with Crippen LogP contribution in [0.3, 0.4) is 0 Å². The molecule has 5 N–H and O–H groups in total. The molecule has 0 spiro atoms. The molecule has 1 aliphatic heterocycles. The number of ether oxygens (including phenoxy) is 1. The van der Waals surface area contributed by atoms with Gasteiger partial charge in [-0.25, -0.2) is 4.79 Å². The molecule has 1 aromatic rings. The Balaban J connectivity index is 0.00000261. The summed E-state index contributed by atoms with van der Waals surface area (Å²) in [5.41, 5.74) is 0.839. The average Bonchev–Trinajstić information content (AvgIpc) is 2.53. The molecule has 2 aliphatic rings. The Bertz CT molecular complexity index is 636. The van der Waals surface area contributed by atoms with E-state index in [4.69, 9.17) is 4.74 Å². The van der Waals surface area contributed by atoms with Crippen LogP contribution in [0.15, 0.2) is 30.3 Å². The fraction of sp³-hybridized carbons (Fsp3) is 0.619. The van der Waals surface area contributed by atoms with Crippen molar-refractivity contribution in [2.75, 3.05) is 13.1 Å². The second-order valence-electron chi connectivity index (χ2n) is 8.55. The summed E-state index contributed by atoms with van der Waals surface area (Å²) in [7, 11) is 0. The Morgan fingerprint density at radius 1 is 1.00 bits per heavy atom. The molecule has 2 amide bonds. The zero-order valence-electron chi connectivity index (χ0n) is 17.3.